The quantitative estimate of drug-likeness (QED) is 0.647. The number of hydrogen-bond acceptors (Lipinski definition) is 2. The van der Waals surface area contributed by atoms with E-state index in [0.29, 0.717) is 5.39 Å². The van der Waals surface area contributed by atoms with Gasteiger partial charge in [0.05, 0.1) is 5.39 Å². The van der Waals surface area contributed by atoms with Crippen LogP contribution in [0, 0.1) is 7.14 Å². The Hall–Kier alpha value is -0.110. The molecule has 0 atom stereocenters. The lowest BCUT2D eigenvalue weighted by Gasteiger charge is -2.04. The summed E-state index contributed by atoms with van der Waals surface area (Å²) in [5.74, 6) is 0.795. The summed E-state index contributed by atoms with van der Waals surface area (Å²) < 4.78 is 7.51. The first-order chi connectivity index (χ1) is 8.11. The molecule has 1 aromatic heterocycles. The zero-order chi connectivity index (χ0) is 12.4. The molecule has 0 saturated heterocycles. The van der Waals surface area contributed by atoms with Gasteiger partial charge >= 0.3 is 5.63 Å². The van der Waals surface area contributed by atoms with E-state index in [1.165, 1.54) is 0 Å². The number of benzene rings is 1. The second kappa shape index (κ2) is 5.69. The molecule has 0 unspecified atom stereocenters. The Bertz CT molecular complexity index is 602. The highest BCUT2D eigenvalue weighted by molar-refractivity contribution is 14.1. The highest BCUT2D eigenvalue weighted by Gasteiger charge is 2.08. The number of halogens is 2. The molecule has 4 heteroatoms. The van der Waals surface area contributed by atoms with E-state index in [9.17, 15) is 4.79 Å². The molecular formula is C13H12I2O2. The largest absolute Gasteiger partial charge is 0.427 e. The van der Waals surface area contributed by atoms with E-state index >= 15 is 0 Å². The highest BCUT2D eigenvalue weighted by Crippen LogP contribution is 2.23. The summed E-state index contributed by atoms with van der Waals surface area (Å²) in [6.07, 6.45) is 2.99. The second-order valence-electron chi connectivity index (χ2n) is 3.95. The summed E-state index contributed by atoms with van der Waals surface area (Å²) in [6.45, 7) is 2.13. The molecule has 0 aliphatic carbocycles. The van der Waals surface area contributed by atoms with Crippen LogP contribution < -0.4 is 5.63 Å². The molecule has 0 bridgehead atoms. The maximum atomic E-state index is 11.9. The first-order valence-corrected chi connectivity index (χ1v) is 7.69. The number of rotatable bonds is 3. The fourth-order valence-corrected chi connectivity index (χ4v) is 3.74. The van der Waals surface area contributed by atoms with Crippen LogP contribution in [0.25, 0.3) is 10.8 Å². The van der Waals surface area contributed by atoms with Crippen LogP contribution in [-0.4, -0.2) is 0 Å². The summed E-state index contributed by atoms with van der Waals surface area (Å²) >= 11 is 4.49. The van der Waals surface area contributed by atoms with E-state index < -0.39 is 0 Å². The molecule has 2 aromatic rings. The van der Waals surface area contributed by atoms with Crippen LogP contribution >= 0.6 is 45.2 Å². The van der Waals surface area contributed by atoms with Crippen molar-refractivity contribution >= 4 is 56.0 Å². The van der Waals surface area contributed by atoms with Gasteiger partial charge in [0.25, 0.3) is 0 Å². The number of fused-ring (bicyclic) bond motifs is 1. The van der Waals surface area contributed by atoms with Crippen LogP contribution in [0.1, 0.15) is 25.5 Å². The molecule has 0 radical (unpaired) electrons. The fourth-order valence-electron chi connectivity index (χ4n) is 1.74. The summed E-state index contributed by atoms with van der Waals surface area (Å²) in [6, 6.07) is 5.96. The van der Waals surface area contributed by atoms with E-state index in [1.807, 2.05) is 12.1 Å². The van der Waals surface area contributed by atoms with Crippen molar-refractivity contribution in [2.75, 3.05) is 0 Å². The van der Waals surface area contributed by atoms with Gasteiger partial charge < -0.3 is 4.42 Å². The fraction of sp³-hybridized carbons (Fsp3) is 0.308. The van der Waals surface area contributed by atoms with E-state index in [2.05, 4.69) is 58.2 Å². The van der Waals surface area contributed by atoms with Crippen LogP contribution in [0.5, 0.6) is 0 Å². The average molecular weight is 454 g/mol. The van der Waals surface area contributed by atoms with Crippen molar-refractivity contribution < 1.29 is 4.42 Å². The van der Waals surface area contributed by atoms with Gasteiger partial charge in [0.2, 0.25) is 0 Å². The SMILES string of the molecule is CCCCc1cc2c(I)cc(I)cc2c(=O)o1. The summed E-state index contributed by atoms with van der Waals surface area (Å²) in [5.41, 5.74) is -0.218. The third kappa shape index (κ3) is 3.01. The molecule has 2 rings (SSSR count). The zero-order valence-electron chi connectivity index (χ0n) is 9.43. The highest BCUT2D eigenvalue weighted by atomic mass is 127. The molecule has 0 aliphatic heterocycles. The van der Waals surface area contributed by atoms with Crippen LogP contribution in [0.4, 0.5) is 0 Å². The smallest absolute Gasteiger partial charge is 0.343 e. The molecule has 0 spiro atoms. The van der Waals surface area contributed by atoms with Crippen molar-refractivity contribution in [2.24, 2.45) is 0 Å². The Morgan fingerprint density at radius 3 is 2.65 bits per heavy atom. The molecular weight excluding hydrogens is 442 g/mol. The maximum Gasteiger partial charge on any atom is 0.343 e. The van der Waals surface area contributed by atoms with Crippen molar-refractivity contribution in [3.05, 3.63) is 41.5 Å². The molecule has 0 N–H and O–H groups in total. The van der Waals surface area contributed by atoms with E-state index in [-0.39, 0.29) is 5.63 Å². The third-order valence-electron chi connectivity index (χ3n) is 2.62. The monoisotopic (exact) mass is 454 g/mol. The van der Waals surface area contributed by atoms with Gasteiger partial charge in [-0.3, -0.25) is 0 Å². The van der Waals surface area contributed by atoms with Crippen molar-refractivity contribution in [3.63, 3.8) is 0 Å². The summed E-state index contributed by atoms with van der Waals surface area (Å²) in [4.78, 5) is 11.9. The van der Waals surface area contributed by atoms with Crippen molar-refractivity contribution in [3.8, 4) is 0 Å². The normalized spacial score (nSPS) is 11.0. The Labute approximate surface area is 127 Å². The van der Waals surface area contributed by atoms with Gasteiger partial charge in [-0.2, -0.15) is 0 Å². The first-order valence-electron chi connectivity index (χ1n) is 5.53. The van der Waals surface area contributed by atoms with Crippen LogP contribution in [0.3, 0.4) is 0 Å². The third-order valence-corrected chi connectivity index (χ3v) is 4.14. The maximum absolute atomic E-state index is 11.9. The minimum atomic E-state index is -0.218. The molecule has 0 aliphatic rings. The number of unbranched alkanes of at least 4 members (excludes halogenated alkanes) is 1. The van der Waals surface area contributed by atoms with Crippen molar-refractivity contribution in [1.29, 1.82) is 0 Å². The van der Waals surface area contributed by atoms with Gasteiger partial charge in [0, 0.05) is 18.9 Å². The lowest BCUT2D eigenvalue weighted by Crippen LogP contribution is -2.03. The number of aryl methyl sites for hydroxylation is 1. The lowest BCUT2D eigenvalue weighted by molar-refractivity contribution is 0.460. The Morgan fingerprint density at radius 2 is 1.94 bits per heavy atom. The van der Waals surface area contributed by atoms with Gasteiger partial charge in [-0.25, -0.2) is 4.79 Å². The molecule has 0 fully saturated rings. The van der Waals surface area contributed by atoms with Crippen LogP contribution in [0.15, 0.2) is 27.4 Å². The van der Waals surface area contributed by atoms with Crippen LogP contribution in [0.2, 0.25) is 0 Å². The Kier molecular flexibility index (Phi) is 4.46. The van der Waals surface area contributed by atoms with Crippen molar-refractivity contribution in [2.45, 2.75) is 26.2 Å². The van der Waals surface area contributed by atoms with E-state index in [0.717, 1.165) is 37.5 Å². The molecule has 0 saturated carbocycles. The predicted molar refractivity (Wildman–Crippen MR) is 86.5 cm³/mol. The standard InChI is InChI=1S/C13H12I2O2/c1-2-3-4-9-7-10-11(13(16)17-9)5-8(14)6-12(10)15/h5-7H,2-4H2,1H3. The minimum Gasteiger partial charge on any atom is -0.427 e. The molecule has 2 nitrogen and oxygen atoms in total. The molecule has 0 amide bonds. The minimum absolute atomic E-state index is 0.218. The summed E-state index contributed by atoms with van der Waals surface area (Å²) in [7, 11) is 0. The van der Waals surface area contributed by atoms with Gasteiger partial charge in [0.15, 0.2) is 0 Å². The van der Waals surface area contributed by atoms with Gasteiger partial charge in [0.1, 0.15) is 5.76 Å². The van der Waals surface area contributed by atoms with Gasteiger partial charge in [-0.05, 0) is 69.8 Å². The first kappa shape index (κ1) is 13.3. The molecule has 1 aromatic carbocycles. The van der Waals surface area contributed by atoms with Gasteiger partial charge in [-0.1, -0.05) is 13.3 Å². The summed E-state index contributed by atoms with van der Waals surface area (Å²) in [5, 5.41) is 1.69. The Morgan fingerprint density at radius 1 is 1.18 bits per heavy atom. The predicted octanol–water partition coefficient (Wildman–Crippen LogP) is 4.34. The molecule has 90 valence electrons. The average Bonchev–Trinajstić information content (AvgIpc) is 2.28. The van der Waals surface area contributed by atoms with Crippen molar-refractivity contribution in [1.82, 2.24) is 0 Å². The van der Waals surface area contributed by atoms with Gasteiger partial charge in [-0.15, -0.1) is 0 Å². The zero-order valence-corrected chi connectivity index (χ0v) is 13.7. The van der Waals surface area contributed by atoms with Crippen LogP contribution in [-0.2, 0) is 6.42 Å². The lowest BCUT2D eigenvalue weighted by atomic mass is 10.1. The topological polar surface area (TPSA) is 30.2 Å². The second-order valence-corrected chi connectivity index (χ2v) is 6.36. The molecule has 17 heavy (non-hydrogen) atoms. The number of hydrogen-bond donors (Lipinski definition) is 0. The van der Waals surface area contributed by atoms with E-state index in [4.69, 9.17) is 4.42 Å². The molecule has 1 heterocycles. The Balaban J connectivity index is 2.61. The van der Waals surface area contributed by atoms with E-state index in [1.54, 1.807) is 0 Å².